The van der Waals surface area contributed by atoms with E-state index in [1.165, 1.54) is 18.7 Å². The van der Waals surface area contributed by atoms with Gasteiger partial charge in [-0.25, -0.2) is 4.79 Å². The lowest BCUT2D eigenvalue weighted by Gasteiger charge is -2.10. The largest absolute Gasteiger partial charge is 0.425 e. The average Bonchev–Trinajstić information content (AvgIpc) is 2.60. The molecule has 0 spiro atoms. The van der Waals surface area contributed by atoms with Crippen LogP contribution in [0.3, 0.4) is 0 Å². The standard InChI is InChI=1S/C20H18O4S/c1-5-11(2)13-6-7-14-15-9-19(25-4)18(23-12(3)21)10-17(15)24-20(22)16(14)8-13/h5-10H,1-4H3. The highest BCUT2D eigenvalue weighted by Gasteiger charge is 2.14. The Balaban J connectivity index is 2.34. The summed E-state index contributed by atoms with van der Waals surface area (Å²) in [6.07, 6.45) is 3.91. The summed E-state index contributed by atoms with van der Waals surface area (Å²) in [7, 11) is 0. The van der Waals surface area contributed by atoms with Crippen LogP contribution in [0, 0.1) is 0 Å². The predicted molar refractivity (Wildman–Crippen MR) is 102 cm³/mol. The number of thioether (sulfide) groups is 1. The van der Waals surface area contributed by atoms with Crippen molar-refractivity contribution in [2.75, 3.05) is 6.26 Å². The van der Waals surface area contributed by atoms with Crippen molar-refractivity contribution in [2.24, 2.45) is 0 Å². The molecule has 5 heteroatoms. The molecule has 128 valence electrons. The lowest BCUT2D eigenvalue weighted by molar-refractivity contribution is -0.132. The van der Waals surface area contributed by atoms with Crippen LogP contribution in [-0.4, -0.2) is 12.2 Å². The molecular weight excluding hydrogens is 336 g/mol. The second kappa shape index (κ2) is 6.76. The molecule has 2 aromatic carbocycles. The van der Waals surface area contributed by atoms with E-state index in [0.29, 0.717) is 16.7 Å². The van der Waals surface area contributed by atoms with E-state index in [0.717, 1.165) is 26.8 Å². The first kappa shape index (κ1) is 17.3. The van der Waals surface area contributed by atoms with Gasteiger partial charge in [0.25, 0.3) is 0 Å². The fraction of sp³-hybridized carbons (Fsp3) is 0.200. The van der Waals surface area contributed by atoms with Gasteiger partial charge in [-0.15, -0.1) is 11.8 Å². The van der Waals surface area contributed by atoms with Crippen molar-refractivity contribution < 1.29 is 13.9 Å². The normalized spacial score (nSPS) is 11.9. The van der Waals surface area contributed by atoms with E-state index >= 15 is 0 Å². The first-order valence-electron chi connectivity index (χ1n) is 7.85. The minimum atomic E-state index is -0.413. The number of carbonyl (C=O) groups excluding carboxylic acids is 1. The third-order valence-corrected chi connectivity index (χ3v) is 4.90. The fourth-order valence-corrected chi connectivity index (χ4v) is 3.28. The number of rotatable bonds is 3. The third kappa shape index (κ3) is 3.20. The smallest absolute Gasteiger partial charge is 0.344 e. The summed E-state index contributed by atoms with van der Waals surface area (Å²) in [4.78, 5) is 24.6. The maximum absolute atomic E-state index is 12.4. The highest BCUT2D eigenvalue weighted by Crippen LogP contribution is 2.35. The Morgan fingerprint density at radius 3 is 2.52 bits per heavy atom. The summed E-state index contributed by atoms with van der Waals surface area (Å²) in [5.41, 5.74) is 2.08. The number of benzene rings is 2. The van der Waals surface area contributed by atoms with Gasteiger partial charge >= 0.3 is 11.6 Å². The summed E-state index contributed by atoms with van der Waals surface area (Å²) in [6.45, 7) is 5.31. The van der Waals surface area contributed by atoms with Crippen LogP contribution in [0.15, 0.2) is 50.5 Å². The zero-order valence-corrected chi connectivity index (χ0v) is 15.3. The van der Waals surface area contributed by atoms with Crippen LogP contribution in [0.1, 0.15) is 26.3 Å². The molecule has 0 bridgehead atoms. The van der Waals surface area contributed by atoms with E-state index in [9.17, 15) is 9.59 Å². The highest BCUT2D eigenvalue weighted by atomic mass is 32.2. The van der Waals surface area contributed by atoms with Crippen molar-refractivity contribution >= 4 is 45.0 Å². The highest BCUT2D eigenvalue weighted by molar-refractivity contribution is 7.98. The Morgan fingerprint density at radius 2 is 1.88 bits per heavy atom. The lowest BCUT2D eigenvalue weighted by atomic mass is 10.0. The van der Waals surface area contributed by atoms with Crippen molar-refractivity contribution in [3.8, 4) is 5.75 Å². The molecular formula is C20H18O4S. The molecule has 0 aliphatic rings. The molecule has 0 saturated carbocycles. The van der Waals surface area contributed by atoms with Gasteiger partial charge in [0.15, 0.2) is 0 Å². The Labute approximate surface area is 149 Å². The Bertz CT molecular complexity index is 1080. The van der Waals surface area contributed by atoms with Gasteiger partial charge in [-0.2, -0.15) is 0 Å². The van der Waals surface area contributed by atoms with Crippen molar-refractivity contribution in [1.29, 1.82) is 0 Å². The van der Waals surface area contributed by atoms with Gasteiger partial charge in [0, 0.05) is 23.8 Å². The zero-order valence-electron chi connectivity index (χ0n) is 14.5. The van der Waals surface area contributed by atoms with Crippen LogP contribution >= 0.6 is 11.8 Å². The molecule has 4 nitrogen and oxygen atoms in total. The van der Waals surface area contributed by atoms with Gasteiger partial charge in [0.05, 0.1) is 10.3 Å². The molecule has 1 heterocycles. The van der Waals surface area contributed by atoms with Crippen LogP contribution in [-0.2, 0) is 4.79 Å². The molecule has 3 aromatic rings. The molecule has 0 atom stereocenters. The van der Waals surface area contributed by atoms with Crippen molar-refractivity contribution in [3.05, 3.63) is 52.4 Å². The van der Waals surface area contributed by atoms with Crippen molar-refractivity contribution in [1.82, 2.24) is 0 Å². The van der Waals surface area contributed by atoms with E-state index in [1.807, 2.05) is 50.4 Å². The molecule has 25 heavy (non-hydrogen) atoms. The van der Waals surface area contributed by atoms with E-state index in [4.69, 9.17) is 9.15 Å². The maximum atomic E-state index is 12.4. The van der Waals surface area contributed by atoms with Crippen LogP contribution in [0.4, 0.5) is 0 Å². The third-order valence-electron chi connectivity index (χ3n) is 4.14. The minimum Gasteiger partial charge on any atom is -0.425 e. The molecule has 1 aromatic heterocycles. The minimum absolute atomic E-state index is 0.399. The van der Waals surface area contributed by atoms with E-state index in [1.54, 1.807) is 6.07 Å². The summed E-state index contributed by atoms with van der Waals surface area (Å²) < 4.78 is 10.7. The van der Waals surface area contributed by atoms with E-state index < -0.39 is 11.6 Å². The Hall–Kier alpha value is -2.53. The number of carbonyl (C=O) groups is 1. The molecule has 0 N–H and O–H groups in total. The first-order valence-corrected chi connectivity index (χ1v) is 9.07. The molecule has 0 fully saturated rings. The number of hydrogen-bond donors (Lipinski definition) is 0. The molecule has 0 unspecified atom stereocenters. The molecule has 0 aliphatic heterocycles. The fourth-order valence-electron chi connectivity index (χ4n) is 2.75. The first-order chi connectivity index (χ1) is 11.9. The number of esters is 1. The van der Waals surface area contributed by atoms with Crippen LogP contribution < -0.4 is 10.4 Å². The number of fused-ring (bicyclic) bond motifs is 3. The van der Waals surface area contributed by atoms with E-state index in [2.05, 4.69) is 0 Å². The predicted octanol–water partition coefficient (Wildman–Crippen LogP) is 5.02. The second-order valence-corrected chi connectivity index (χ2v) is 6.56. The number of hydrogen-bond acceptors (Lipinski definition) is 5. The number of ether oxygens (including phenoxy) is 1. The lowest BCUT2D eigenvalue weighted by Crippen LogP contribution is -2.04. The molecule has 0 amide bonds. The van der Waals surface area contributed by atoms with Gasteiger partial charge in [-0.05, 0) is 43.4 Å². The molecule has 3 rings (SSSR count). The van der Waals surface area contributed by atoms with Gasteiger partial charge in [0.1, 0.15) is 11.3 Å². The summed E-state index contributed by atoms with van der Waals surface area (Å²) in [5.74, 6) is -0.0133. The van der Waals surface area contributed by atoms with Gasteiger partial charge < -0.3 is 9.15 Å². The van der Waals surface area contributed by atoms with Crippen molar-refractivity contribution in [3.63, 3.8) is 0 Å². The number of allylic oxidation sites excluding steroid dienone is 2. The summed E-state index contributed by atoms with van der Waals surface area (Å²) >= 11 is 1.47. The van der Waals surface area contributed by atoms with Crippen LogP contribution in [0.5, 0.6) is 5.75 Å². The summed E-state index contributed by atoms with van der Waals surface area (Å²) in [5, 5.41) is 2.18. The zero-order chi connectivity index (χ0) is 18.1. The SMILES string of the molecule is CC=C(C)c1ccc2c(c1)c(=O)oc1cc(OC(C)=O)c(SC)cc12. The topological polar surface area (TPSA) is 56.5 Å². The van der Waals surface area contributed by atoms with Gasteiger partial charge in [-0.3, -0.25) is 4.79 Å². The Morgan fingerprint density at radius 1 is 1.12 bits per heavy atom. The van der Waals surface area contributed by atoms with Gasteiger partial charge in [-0.1, -0.05) is 18.2 Å². The second-order valence-electron chi connectivity index (χ2n) is 5.71. The quantitative estimate of drug-likeness (QED) is 0.217. The molecule has 0 saturated heterocycles. The van der Waals surface area contributed by atoms with Gasteiger partial charge in [0.2, 0.25) is 0 Å². The molecule has 0 radical (unpaired) electrons. The van der Waals surface area contributed by atoms with Crippen LogP contribution in [0.2, 0.25) is 0 Å². The maximum Gasteiger partial charge on any atom is 0.344 e. The van der Waals surface area contributed by atoms with Crippen molar-refractivity contribution in [2.45, 2.75) is 25.7 Å². The molecule has 0 aliphatic carbocycles. The summed E-state index contributed by atoms with van der Waals surface area (Å²) in [6, 6.07) is 9.29. The Kier molecular flexibility index (Phi) is 4.68. The monoisotopic (exact) mass is 354 g/mol. The van der Waals surface area contributed by atoms with Crippen LogP contribution in [0.25, 0.3) is 27.3 Å². The average molecular weight is 354 g/mol. The van der Waals surface area contributed by atoms with E-state index in [-0.39, 0.29) is 0 Å².